The minimum Gasteiger partial charge on any atom is -0.435 e. The monoisotopic (exact) mass is 432 g/mol. The first-order valence-corrected chi connectivity index (χ1v) is 10.4. The molecule has 2 aromatic rings. The number of fused-ring (bicyclic) bond motifs is 3. The van der Waals surface area contributed by atoms with E-state index in [9.17, 15) is 14.4 Å². The lowest BCUT2D eigenvalue weighted by atomic mass is 9.41. The van der Waals surface area contributed by atoms with Crippen LogP contribution < -0.4 is 0 Å². The van der Waals surface area contributed by atoms with Crippen molar-refractivity contribution < 1.29 is 28.6 Å². The minimum absolute atomic E-state index is 0.0614. The molecular formula is C26H24O6. The van der Waals surface area contributed by atoms with E-state index in [2.05, 4.69) is 19.7 Å². The van der Waals surface area contributed by atoms with E-state index >= 15 is 0 Å². The molecule has 2 aromatic carbocycles. The van der Waals surface area contributed by atoms with Crippen molar-refractivity contribution in [1.29, 1.82) is 0 Å². The topological polar surface area (TPSA) is 78.9 Å². The number of allylic oxidation sites excluding steroid dienone is 2. The normalized spacial score (nSPS) is 25.9. The summed E-state index contributed by atoms with van der Waals surface area (Å²) < 4.78 is 15.5. The second-order valence-corrected chi connectivity index (χ2v) is 8.02. The van der Waals surface area contributed by atoms with Gasteiger partial charge in [0.05, 0.1) is 23.7 Å². The molecule has 0 heterocycles. The van der Waals surface area contributed by atoms with Crippen LogP contribution in [0.2, 0.25) is 0 Å². The van der Waals surface area contributed by atoms with Crippen LogP contribution in [0.1, 0.15) is 23.2 Å². The Morgan fingerprint density at radius 1 is 1.00 bits per heavy atom. The molecule has 0 spiro atoms. The number of hydrogen-bond donors (Lipinski definition) is 0. The predicted molar refractivity (Wildman–Crippen MR) is 118 cm³/mol. The fraction of sp³-hybridized carbons (Fsp3) is 0.269. The first kappa shape index (κ1) is 21.6. The number of rotatable bonds is 7. The Bertz CT molecular complexity index is 1130. The summed E-state index contributed by atoms with van der Waals surface area (Å²) in [6.07, 6.45) is 3.80. The fourth-order valence-corrected chi connectivity index (χ4v) is 5.28. The summed E-state index contributed by atoms with van der Waals surface area (Å²) in [5.41, 5.74) is 0.237. The second-order valence-electron chi connectivity index (χ2n) is 8.02. The molecule has 3 saturated carbocycles. The summed E-state index contributed by atoms with van der Waals surface area (Å²) in [6, 6.07) is 12.8. The molecular weight excluding hydrogens is 408 g/mol. The van der Waals surface area contributed by atoms with Gasteiger partial charge in [0, 0.05) is 5.41 Å². The molecule has 3 aliphatic rings. The molecule has 164 valence electrons. The SMILES string of the molecule is C=COC(=O)[C@H]1[C@@H]2CC[C@@H](C(=O)OCOC(=O)c3cccc4ccccc34)[C@@]1(C=C)C2=C. The summed E-state index contributed by atoms with van der Waals surface area (Å²) in [6.45, 7) is 10.9. The van der Waals surface area contributed by atoms with Crippen molar-refractivity contribution in [3.63, 3.8) is 0 Å². The Labute approximate surface area is 186 Å². The van der Waals surface area contributed by atoms with Crippen LogP contribution in [0.25, 0.3) is 10.8 Å². The number of hydrogen-bond acceptors (Lipinski definition) is 6. The molecule has 0 unspecified atom stereocenters. The van der Waals surface area contributed by atoms with Gasteiger partial charge >= 0.3 is 17.9 Å². The zero-order valence-corrected chi connectivity index (χ0v) is 17.6. The van der Waals surface area contributed by atoms with E-state index in [0.717, 1.165) is 22.6 Å². The highest BCUT2D eigenvalue weighted by Crippen LogP contribution is 2.66. The number of esters is 3. The highest BCUT2D eigenvalue weighted by Gasteiger charge is 2.67. The average molecular weight is 432 g/mol. The van der Waals surface area contributed by atoms with Gasteiger partial charge in [-0.15, -0.1) is 6.58 Å². The van der Waals surface area contributed by atoms with Crippen molar-refractivity contribution in [2.75, 3.05) is 6.79 Å². The maximum atomic E-state index is 12.9. The first-order valence-electron chi connectivity index (χ1n) is 10.4. The predicted octanol–water partition coefficient (Wildman–Crippen LogP) is 4.57. The lowest BCUT2D eigenvalue weighted by Crippen LogP contribution is -2.62. The molecule has 2 bridgehead atoms. The van der Waals surface area contributed by atoms with Gasteiger partial charge in [-0.25, -0.2) is 4.79 Å². The van der Waals surface area contributed by atoms with E-state index in [1.807, 2.05) is 30.3 Å². The van der Waals surface area contributed by atoms with Gasteiger partial charge in [-0.3, -0.25) is 9.59 Å². The summed E-state index contributed by atoms with van der Waals surface area (Å²) >= 11 is 0. The van der Waals surface area contributed by atoms with Crippen molar-refractivity contribution in [3.8, 4) is 0 Å². The van der Waals surface area contributed by atoms with Gasteiger partial charge < -0.3 is 14.2 Å². The van der Waals surface area contributed by atoms with Crippen LogP contribution in [0.4, 0.5) is 0 Å². The third-order valence-corrected chi connectivity index (χ3v) is 6.74. The molecule has 3 fully saturated rings. The Kier molecular flexibility index (Phi) is 5.70. The molecule has 0 aromatic heterocycles. The maximum Gasteiger partial charge on any atom is 0.341 e. The largest absolute Gasteiger partial charge is 0.435 e. The lowest BCUT2D eigenvalue weighted by Gasteiger charge is -2.61. The average Bonchev–Trinajstić information content (AvgIpc) is 2.82. The van der Waals surface area contributed by atoms with Gasteiger partial charge in [-0.1, -0.05) is 61.2 Å². The van der Waals surface area contributed by atoms with Crippen LogP contribution in [0.15, 0.2) is 80.1 Å². The van der Waals surface area contributed by atoms with E-state index in [1.165, 1.54) is 0 Å². The third kappa shape index (κ3) is 3.23. The van der Waals surface area contributed by atoms with Gasteiger partial charge in [0.2, 0.25) is 6.79 Å². The van der Waals surface area contributed by atoms with Gasteiger partial charge in [0.1, 0.15) is 0 Å². The molecule has 5 rings (SSSR count). The second kappa shape index (κ2) is 8.46. The minimum atomic E-state index is -0.931. The van der Waals surface area contributed by atoms with E-state index in [4.69, 9.17) is 14.2 Å². The highest BCUT2D eigenvalue weighted by molar-refractivity contribution is 6.04. The summed E-state index contributed by atoms with van der Waals surface area (Å²) in [7, 11) is 0. The van der Waals surface area contributed by atoms with Crippen LogP contribution in [0.3, 0.4) is 0 Å². The quantitative estimate of drug-likeness (QED) is 0.276. The highest BCUT2D eigenvalue weighted by atomic mass is 16.7. The van der Waals surface area contributed by atoms with Crippen LogP contribution in [0, 0.1) is 23.2 Å². The van der Waals surface area contributed by atoms with Crippen LogP contribution in [-0.2, 0) is 23.8 Å². The van der Waals surface area contributed by atoms with Crippen molar-refractivity contribution in [1.82, 2.24) is 0 Å². The van der Waals surface area contributed by atoms with Gasteiger partial charge in [-0.2, -0.15) is 0 Å². The molecule has 4 atom stereocenters. The summed E-state index contributed by atoms with van der Waals surface area (Å²) in [5.74, 6) is -2.89. The third-order valence-electron chi connectivity index (χ3n) is 6.74. The molecule has 0 N–H and O–H groups in total. The first-order chi connectivity index (χ1) is 15.5. The smallest absolute Gasteiger partial charge is 0.341 e. The molecule has 0 saturated heterocycles. The summed E-state index contributed by atoms with van der Waals surface area (Å²) in [5, 5.41) is 1.66. The van der Waals surface area contributed by atoms with Gasteiger partial charge in [0.25, 0.3) is 0 Å². The standard InChI is InChI=1S/C26H24O6/c1-4-26-16(3)18(22(26)25(29)30-5-2)13-14-21(26)24(28)32-15-31-23(27)20-12-8-10-17-9-6-7-11-19(17)20/h4-12,18,21-22H,1-3,13-15H2/t18-,21+,22-,26-/m1/s1. The van der Waals surface area contributed by atoms with E-state index < -0.39 is 42.0 Å². The van der Waals surface area contributed by atoms with Crippen molar-refractivity contribution in [2.24, 2.45) is 23.2 Å². The van der Waals surface area contributed by atoms with Crippen LogP contribution in [-0.4, -0.2) is 24.7 Å². The molecule has 0 radical (unpaired) electrons. The van der Waals surface area contributed by atoms with E-state index in [-0.39, 0.29) is 5.92 Å². The lowest BCUT2D eigenvalue weighted by molar-refractivity contribution is -0.176. The Morgan fingerprint density at radius 3 is 2.50 bits per heavy atom. The number of carbonyl (C=O) groups excluding carboxylic acids is 3. The van der Waals surface area contributed by atoms with Crippen LogP contribution in [0.5, 0.6) is 0 Å². The van der Waals surface area contributed by atoms with Crippen molar-refractivity contribution in [3.05, 3.63) is 85.7 Å². The zero-order chi connectivity index (χ0) is 22.9. The van der Waals surface area contributed by atoms with Crippen molar-refractivity contribution >= 4 is 28.7 Å². The van der Waals surface area contributed by atoms with E-state index in [1.54, 1.807) is 18.2 Å². The van der Waals surface area contributed by atoms with Crippen LogP contribution >= 0.6 is 0 Å². The molecule has 6 heteroatoms. The van der Waals surface area contributed by atoms with Gasteiger partial charge in [-0.05, 0) is 35.6 Å². The Balaban J connectivity index is 1.44. The molecule has 6 nitrogen and oxygen atoms in total. The number of ether oxygens (including phenoxy) is 3. The molecule has 0 aliphatic heterocycles. The van der Waals surface area contributed by atoms with Crippen molar-refractivity contribution in [2.45, 2.75) is 12.8 Å². The molecule has 32 heavy (non-hydrogen) atoms. The number of carbonyl (C=O) groups is 3. The summed E-state index contributed by atoms with van der Waals surface area (Å²) in [4.78, 5) is 38.0. The fourth-order valence-electron chi connectivity index (χ4n) is 5.28. The Hall–Kier alpha value is -3.67. The van der Waals surface area contributed by atoms with Gasteiger partial charge in [0.15, 0.2) is 0 Å². The maximum absolute atomic E-state index is 12.9. The Morgan fingerprint density at radius 2 is 1.75 bits per heavy atom. The van der Waals surface area contributed by atoms with E-state index in [0.29, 0.717) is 18.4 Å². The molecule has 3 aliphatic carbocycles. The number of benzene rings is 2. The zero-order valence-electron chi connectivity index (χ0n) is 17.6. The molecule has 0 amide bonds.